The number of likely N-dealkylation sites (tertiary alicyclic amines) is 1. The van der Waals surface area contributed by atoms with Crippen LogP contribution in [0.4, 0.5) is 0 Å². The third-order valence-corrected chi connectivity index (χ3v) is 5.47. The zero-order valence-electron chi connectivity index (χ0n) is 14.1. The van der Waals surface area contributed by atoms with Crippen LogP contribution in [0.2, 0.25) is 0 Å². The van der Waals surface area contributed by atoms with Gasteiger partial charge in [0.05, 0.1) is 17.3 Å². The largest absolute Gasteiger partial charge is 0.352 e. The Labute approximate surface area is 160 Å². The van der Waals surface area contributed by atoms with E-state index in [4.69, 9.17) is 0 Å². The van der Waals surface area contributed by atoms with Crippen molar-refractivity contribution in [1.82, 2.24) is 20.0 Å². The van der Waals surface area contributed by atoms with Crippen molar-refractivity contribution in [2.24, 2.45) is 13.0 Å². The van der Waals surface area contributed by atoms with Gasteiger partial charge in [0.25, 0.3) is 11.8 Å². The van der Waals surface area contributed by atoms with E-state index in [9.17, 15) is 9.59 Å². The summed E-state index contributed by atoms with van der Waals surface area (Å²) in [5.41, 5.74) is 1.35. The maximum absolute atomic E-state index is 12.6. The van der Waals surface area contributed by atoms with Crippen LogP contribution < -0.4 is 5.32 Å². The average Bonchev–Trinajstić information content (AvgIpc) is 3.06. The SMILES string of the molecule is Cn1cc(C(=O)NCC2CCN(C(=O)c3ccccc3I)CC2)cn1. The number of aromatic nitrogens is 2. The van der Waals surface area contributed by atoms with Crippen LogP contribution in [-0.4, -0.2) is 46.1 Å². The third-order valence-electron chi connectivity index (χ3n) is 4.52. The number of amides is 2. The highest BCUT2D eigenvalue weighted by molar-refractivity contribution is 14.1. The molecule has 0 radical (unpaired) electrons. The number of carbonyl (C=O) groups is 2. The van der Waals surface area contributed by atoms with Gasteiger partial charge in [0.15, 0.2) is 0 Å². The lowest BCUT2D eigenvalue weighted by Crippen LogP contribution is -2.41. The standard InChI is InChI=1S/C18H21IN4O2/c1-22-12-14(11-21-22)17(24)20-10-13-6-8-23(9-7-13)18(25)15-4-2-3-5-16(15)19/h2-5,11-13H,6-10H2,1H3,(H,20,24). The molecule has 1 aliphatic rings. The lowest BCUT2D eigenvalue weighted by Gasteiger charge is -2.32. The first kappa shape index (κ1) is 17.9. The number of aryl methyl sites for hydroxylation is 1. The summed E-state index contributed by atoms with van der Waals surface area (Å²) in [4.78, 5) is 26.6. The molecule has 0 aliphatic carbocycles. The van der Waals surface area contributed by atoms with Crippen molar-refractivity contribution >= 4 is 34.4 Å². The summed E-state index contributed by atoms with van der Waals surface area (Å²) < 4.78 is 2.60. The minimum atomic E-state index is -0.0922. The first-order chi connectivity index (χ1) is 12.0. The lowest BCUT2D eigenvalue weighted by molar-refractivity contribution is 0.0683. The van der Waals surface area contributed by atoms with E-state index in [0.29, 0.717) is 18.0 Å². The number of rotatable bonds is 4. The number of nitrogens with zero attached hydrogens (tertiary/aromatic N) is 3. The van der Waals surface area contributed by atoms with Crippen LogP contribution in [0.25, 0.3) is 0 Å². The Hall–Kier alpha value is -1.90. The maximum atomic E-state index is 12.6. The van der Waals surface area contributed by atoms with Crippen LogP contribution in [-0.2, 0) is 7.05 Å². The van der Waals surface area contributed by atoms with Crippen LogP contribution in [0, 0.1) is 9.49 Å². The monoisotopic (exact) mass is 452 g/mol. The predicted molar refractivity (Wildman–Crippen MR) is 103 cm³/mol. The summed E-state index contributed by atoms with van der Waals surface area (Å²) in [5, 5.41) is 6.98. The Kier molecular flexibility index (Phi) is 5.72. The number of halogens is 1. The Morgan fingerprint density at radius 1 is 1.28 bits per heavy atom. The number of nitrogens with one attached hydrogen (secondary N) is 1. The van der Waals surface area contributed by atoms with E-state index in [2.05, 4.69) is 33.0 Å². The van der Waals surface area contributed by atoms with Crippen molar-refractivity contribution in [2.45, 2.75) is 12.8 Å². The molecule has 25 heavy (non-hydrogen) atoms. The molecule has 1 aromatic carbocycles. The van der Waals surface area contributed by atoms with E-state index in [1.54, 1.807) is 24.1 Å². The van der Waals surface area contributed by atoms with Gasteiger partial charge >= 0.3 is 0 Å². The summed E-state index contributed by atoms with van der Waals surface area (Å²) in [6, 6.07) is 7.67. The first-order valence-corrected chi connectivity index (χ1v) is 9.43. The van der Waals surface area contributed by atoms with Crippen molar-refractivity contribution in [3.8, 4) is 0 Å². The molecule has 0 atom stereocenters. The van der Waals surface area contributed by atoms with Crippen LogP contribution >= 0.6 is 22.6 Å². The second-order valence-electron chi connectivity index (χ2n) is 6.33. The van der Waals surface area contributed by atoms with Gasteiger partial charge in [0.1, 0.15) is 0 Å². The first-order valence-electron chi connectivity index (χ1n) is 8.35. The molecular weight excluding hydrogens is 431 g/mol. The molecule has 2 amide bonds. The number of carbonyl (C=O) groups excluding carboxylic acids is 2. The molecular formula is C18H21IN4O2. The van der Waals surface area contributed by atoms with Gasteiger partial charge in [-0.05, 0) is 53.5 Å². The fourth-order valence-corrected chi connectivity index (χ4v) is 3.64. The zero-order chi connectivity index (χ0) is 17.8. The average molecular weight is 452 g/mol. The van der Waals surface area contributed by atoms with Gasteiger partial charge in [-0.25, -0.2) is 0 Å². The molecule has 1 aliphatic heterocycles. The molecule has 2 aromatic rings. The van der Waals surface area contributed by atoms with Crippen LogP contribution in [0.15, 0.2) is 36.7 Å². The molecule has 6 nitrogen and oxygen atoms in total. The Balaban J connectivity index is 1.48. The van der Waals surface area contributed by atoms with Crippen LogP contribution in [0.3, 0.4) is 0 Å². The minimum Gasteiger partial charge on any atom is -0.352 e. The van der Waals surface area contributed by atoms with E-state index < -0.39 is 0 Å². The lowest BCUT2D eigenvalue weighted by atomic mass is 9.96. The van der Waals surface area contributed by atoms with Gasteiger partial charge in [-0.3, -0.25) is 14.3 Å². The van der Waals surface area contributed by atoms with Crippen molar-refractivity contribution in [3.05, 3.63) is 51.4 Å². The molecule has 0 spiro atoms. The fourth-order valence-electron chi connectivity index (χ4n) is 3.02. The van der Waals surface area contributed by atoms with Gasteiger partial charge in [-0.1, -0.05) is 12.1 Å². The van der Waals surface area contributed by atoms with E-state index in [0.717, 1.165) is 35.1 Å². The molecule has 1 aromatic heterocycles. The van der Waals surface area contributed by atoms with Gasteiger partial charge < -0.3 is 10.2 Å². The highest BCUT2D eigenvalue weighted by Gasteiger charge is 2.25. The fraction of sp³-hybridized carbons (Fsp3) is 0.389. The molecule has 2 heterocycles. The quantitative estimate of drug-likeness (QED) is 0.725. The number of hydrogen-bond acceptors (Lipinski definition) is 3. The Bertz CT molecular complexity index is 766. The summed E-state index contributed by atoms with van der Waals surface area (Å²) in [6.45, 7) is 2.10. The molecule has 0 unspecified atom stereocenters. The second-order valence-corrected chi connectivity index (χ2v) is 7.49. The molecule has 1 saturated heterocycles. The van der Waals surface area contributed by atoms with Crippen LogP contribution in [0.5, 0.6) is 0 Å². The zero-order valence-corrected chi connectivity index (χ0v) is 16.3. The predicted octanol–water partition coefficient (Wildman–Crippen LogP) is 2.31. The molecule has 132 valence electrons. The summed E-state index contributed by atoms with van der Waals surface area (Å²) in [6.07, 6.45) is 5.08. The highest BCUT2D eigenvalue weighted by atomic mass is 127. The summed E-state index contributed by atoms with van der Waals surface area (Å²) >= 11 is 2.20. The van der Waals surface area contributed by atoms with Crippen molar-refractivity contribution in [1.29, 1.82) is 0 Å². The van der Waals surface area contributed by atoms with E-state index in [1.807, 2.05) is 29.2 Å². The summed E-state index contributed by atoms with van der Waals surface area (Å²) in [7, 11) is 1.79. The number of hydrogen-bond donors (Lipinski definition) is 1. The van der Waals surface area contributed by atoms with E-state index in [-0.39, 0.29) is 11.8 Å². The van der Waals surface area contributed by atoms with Gasteiger partial charge in [0, 0.05) is 36.4 Å². The topological polar surface area (TPSA) is 67.2 Å². The van der Waals surface area contributed by atoms with E-state index in [1.165, 1.54) is 0 Å². The number of benzene rings is 1. The van der Waals surface area contributed by atoms with Gasteiger partial charge in [-0.2, -0.15) is 5.10 Å². The molecule has 0 bridgehead atoms. The third kappa shape index (κ3) is 4.39. The Morgan fingerprint density at radius 2 is 2.00 bits per heavy atom. The van der Waals surface area contributed by atoms with Gasteiger partial charge in [-0.15, -0.1) is 0 Å². The van der Waals surface area contributed by atoms with Crippen molar-refractivity contribution < 1.29 is 9.59 Å². The smallest absolute Gasteiger partial charge is 0.254 e. The van der Waals surface area contributed by atoms with Crippen molar-refractivity contribution in [3.63, 3.8) is 0 Å². The summed E-state index contributed by atoms with van der Waals surface area (Å²) in [5.74, 6) is 0.410. The van der Waals surface area contributed by atoms with Gasteiger partial charge in [0.2, 0.25) is 0 Å². The number of piperidine rings is 1. The second kappa shape index (κ2) is 7.99. The van der Waals surface area contributed by atoms with Crippen molar-refractivity contribution in [2.75, 3.05) is 19.6 Å². The molecule has 1 fully saturated rings. The highest BCUT2D eigenvalue weighted by Crippen LogP contribution is 2.20. The molecule has 7 heteroatoms. The maximum Gasteiger partial charge on any atom is 0.254 e. The Morgan fingerprint density at radius 3 is 2.64 bits per heavy atom. The minimum absolute atomic E-state index is 0.0922. The molecule has 3 rings (SSSR count). The molecule has 1 N–H and O–H groups in total. The normalized spacial score (nSPS) is 15.2. The van der Waals surface area contributed by atoms with Crippen LogP contribution in [0.1, 0.15) is 33.6 Å². The van der Waals surface area contributed by atoms with E-state index >= 15 is 0 Å². The molecule has 0 saturated carbocycles.